The van der Waals surface area contributed by atoms with Crippen LogP contribution in [-0.4, -0.2) is 24.6 Å². The van der Waals surface area contributed by atoms with Gasteiger partial charge in [0, 0.05) is 15.6 Å². The molecule has 23 heavy (non-hydrogen) atoms. The average molecular weight is 378 g/mol. The Hall–Kier alpha value is -2.54. The molecule has 2 aromatic rings. The normalized spacial score (nSPS) is 10.5. The first kappa shape index (κ1) is 16.8. The van der Waals surface area contributed by atoms with Crippen molar-refractivity contribution >= 4 is 34.0 Å². The van der Waals surface area contributed by atoms with Crippen molar-refractivity contribution in [3.63, 3.8) is 0 Å². The molecular weight excluding hydrogens is 365 g/mol. The Morgan fingerprint density at radius 2 is 1.83 bits per heavy atom. The molecule has 0 radical (unpaired) electrons. The van der Waals surface area contributed by atoms with E-state index in [-0.39, 0.29) is 12.1 Å². The third-order valence-corrected chi connectivity index (χ3v) is 3.54. The highest BCUT2D eigenvalue weighted by Gasteiger charge is 2.07. The van der Waals surface area contributed by atoms with Gasteiger partial charge in [0.05, 0.1) is 12.8 Å². The maximum atomic E-state index is 12.8. The van der Waals surface area contributed by atoms with Crippen LogP contribution in [0.5, 0.6) is 0 Å². The fourth-order valence-electron chi connectivity index (χ4n) is 1.66. The molecule has 0 saturated heterocycles. The number of nitrogens with zero attached hydrogens (tertiary/aromatic N) is 1. The molecule has 0 aliphatic carbocycles. The largest absolute Gasteiger partial charge is 0.343 e. The molecule has 0 aliphatic rings. The van der Waals surface area contributed by atoms with Gasteiger partial charge in [0.2, 0.25) is 0 Å². The van der Waals surface area contributed by atoms with E-state index < -0.39 is 17.6 Å². The Balaban J connectivity index is 1.80. The predicted molar refractivity (Wildman–Crippen MR) is 88.6 cm³/mol. The lowest BCUT2D eigenvalue weighted by Gasteiger charge is -2.04. The summed E-state index contributed by atoms with van der Waals surface area (Å²) >= 11 is 3.36. The van der Waals surface area contributed by atoms with Crippen molar-refractivity contribution < 1.29 is 14.0 Å². The third kappa shape index (κ3) is 5.30. The molecule has 2 aromatic carbocycles. The summed E-state index contributed by atoms with van der Waals surface area (Å²) in [5.41, 5.74) is 3.39. The highest BCUT2D eigenvalue weighted by Crippen LogP contribution is 2.13. The number of hydrogen-bond acceptors (Lipinski definition) is 3. The van der Waals surface area contributed by atoms with Crippen LogP contribution in [0.25, 0.3) is 0 Å². The van der Waals surface area contributed by atoms with Crippen molar-refractivity contribution in [2.45, 2.75) is 0 Å². The molecule has 0 spiro atoms. The van der Waals surface area contributed by atoms with Gasteiger partial charge in [-0.05, 0) is 30.3 Å². The zero-order valence-electron chi connectivity index (χ0n) is 11.9. The van der Waals surface area contributed by atoms with E-state index in [4.69, 9.17) is 0 Å². The summed E-state index contributed by atoms with van der Waals surface area (Å²) in [6.45, 7) is -0.233. The third-order valence-electron chi connectivity index (χ3n) is 2.81. The average Bonchev–Trinajstić information content (AvgIpc) is 2.55. The van der Waals surface area contributed by atoms with Gasteiger partial charge >= 0.3 is 0 Å². The molecular formula is C16H13BrFN3O2. The SMILES string of the molecule is O=C(CNC(=O)c1ccc(F)cc1)N/N=C\c1ccccc1Br. The van der Waals surface area contributed by atoms with Gasteiger partial charge < -0.3 is 5.32 Å². The number of nitrogens with one attached hydrogen (secondary N) is 2. The lowest BCUT2D eigenvalue weighted by atomic mass is 10.2. The highest BCUT2D eigenvalue weighted by atomic mass is 79.9. The molecule has 0 saturated carbocycles. The van der Waals surface area contributed by atoms with E-state index in [0.29, 0.717) is 0 Å². The molecule has 0 aromatic heterocycles. The molecule has 5 nitrogen and oxygen atoms in total. The molecule has 0 unspecified atom stereocenters. The smallest absolute Gasteiger partial charge is 0.259 e. The van der Waals surface area contributed by atoms with Crippen LogP contribution in [0.1, 0.15) is 15.9 Å². The molecule has 0 aliphatic heterocycles. The van der Waals surface area contributed by atoms with Crippen LogP contribution in [-0.2, 0) is 4.79 Å². The monoisotopic (exact) mass is 377 g/mol. The lowest BCUT2D eigenvalue weighted by molar-refractivity contribution is -0.120. The second-order valence-corrected chi connectivity index (χ2v) is 5.36. The van der Waals surface area contributed by atoms with Crippen LogP contribution in [0, 0.1) is 5.82 Å². The van der Waals surface area contributed by atoms with Crippen molar-refractivity contribution in [1.29, 1.82) is 0 Å². The van der Waals surface area contributed by atoms with Crippen molar-refractivity contribution in [3.8, 4) is 0 Å². The molecule has 2 N–H and O–H groups in total. The topological polar surface area (TPSA) is 70.6 Å². The summed E-state index contributed by atoms with van der Waals surface area (Å²) in [6, 6.07) is 12.4. The summed E-state index contributed by atoms with van der Waals surface area (Å²) in [5.74, 6) is -1.36. The molecule has 2 rings (SSSR count). The Kier molecular flexibility index (Phi) is 5.99. The van der Waals surface area contributed by atoms with Crippen molar-refractivity contribution in [1.82, 2.24) is 10.7 Å². The number of rotatable bonds is 5. The minimum atomic E-state index is -0.469. The number of benzene rings is 2. The Labute approximate surface area is 140 Å². The van der Waals surface area contributed by atoms with E-state index in [2.05, 4.69) is 31.8 Å². The van der Waals surface area contributed by atoms with Gasteiger partial charge in [0.25, 0.3) is 11.8 Å². The maximum absolute atomic E-state index is 12.8. The summed E-state index contributed by atoms with van der Waals surface area (Å²) in [7, 11) is 0. The zero-order valence-corrected chi connectivity index (χ0v) is 13.5. The van der Waals surface area contributed by atoms with Crippen molar-refractivity contribution in [2.75, 3.05) is 6.54 Å². The first-order chi connectivity index (χ1) is 11.1. The number of amides is 2. The van der Waals surface area contributed by atoms with Crippen LogP contribution in [0.2, 0.25) is 0 Å². The van der Waals surface area contributed by atoms with Gasteiger partial charge in [-0.1, -0.05) is 34.1 Å². The van der Waals surface area contributed by atoms with Crippen LogP contribution >= 0.6 is 15.9 Å². The number of halogens is 2. The van der Waals surface area contributed by atoms with Gasteiger partial charge in [0.15, 0.2) is 0 Å². The van der Waals surface area contributed by atoms with E-state index in [1.165, 1.54) is 30.5 Å². The molecule has 2 amide bonds. The van der Waals surface area contributed by atoms with Crippen molar-refractivity contribution in [3.05, 3.63) is 69.9 Å². The zero-order chi connectivity index (χ0) is 16.7. The highest BCUT2D eigenvalue weighted by molar-refractivity contribution is 9.10. The van der Waals surface area contributed by atoms with E-state index in [9.17, 15) is 14.0 Å². The number of hydrogen-bond donors (Lipinski definition) is 2. The molecule has 0 fully saturated rings. The van der Waals surface area contributed by atoms with Crippen LogP contribution in [0.15, 0.2) is 58.1 Å². The Morgan fingerprint density at radius 3 is 2.52 bits per heavy atom. The molecule has 0 atom stereocenters. The van der Waals surface area contributed by atoms with Gasteiger partial charge in [0.1, 0.15) is 5.82 Å². The second-order valence-electron chi connectivity index (χ2n) is 4.50. The number of carbonyl (C=O) groups excluding carboxylic acids is 2. The van der Waals surface area contributed by atoms with E-state index >= 15 is 0 Å². The maximum Gasteiger partial charge on any atom is 0.259 e. The minimum absolute atomic E-state index is 0.233. The lowest BCUT2D eigenvalue weighted by Crippen LogP contribution is -2.34. The first-order valence-corrected chi connectivity index (χ1v) is 7.46. The minimum Gasteiger partial charge on any atom is -0.343 e. The molecule has 0 bridgehead atoms. The van der Waals surface area contributed by atoms with Gasteiger partial charge in [-0.25, -0.2) is 9.82 Å². The molecule has 0 heterocycles. The molecule has 118 valence electrons. The van der Waals surface area contributed by atoms with E-state index in [1.807, 2.05) is 24.3 Å². The molecule has 7 heteroatoms. The van der Waals surface area contributed by atoms with Crippen LogP contribution in [0.3, 0.4) is 0 Å². The summed E-state index contributed by atoms with van der Waals surface area (Å²) in [4.78, 5) is 23.3. The second kappa shape index (κ2) is 8.19. The Morgan fingerprint density at radius 1 is 1.13 bits per heavy atom. The van der Waals surface area contributed by atoms with Gasteiger partial charge in [-0.2, -0.15) is 5.10 Å². The van der Waals surface area contributed by atoms with E-state index in [0.717, 1.165) is 10.0 Å². The van der Waals surface area contributed by atoms with Gasteiger partial charge in [-0.15, -0.1) is 0 Å². The number of hydrazone groups is 1. The van der Waals surface area contributed by atoms with E-state index in [1.54, 1.807) is 0 Å². The quantitative estimate of drug-likeness (QED) is 0.620. The fourth-order valence-corrected chi connectivity index (χ4v) is 2.04. The summed E-state index contributed by atoms with van der Waals surface area (Å²) in [6.07, 6.45) is 1.49. The van der Waals surface area contributed by atoms with Crippen molar-refractivity contribution in [2.24, 2.45) is 5.10 Å². The summed E-state index contributed by atoms with van der Waals surface area (Å²) in [5, 5.41) is 6.23. The standard InChI is InChI=1S/C16H13BrFN3O2/c17-14-4-2-1-3-12(14)9-20-21-15(22)10-19-16(23)11-5-7-13(18)8-6-11/h1-9H,10H2,(H,19,23)(H,21,22)/b20-9-. The van der Waals surface area contributed by atoms with Crippen LogP contribution < -0.4 is 10.7 Å². The fraction of sp³-hybridized carbons (Fsp3) is 0.0625. The predicted octanol–water partition coefficient (Wildman–Crippen LogP) is 2.47. The first-order valence-electron chi connectivity index (χ1n) is 6.66. The number of carbonyl (C=O) groups is 2. The van der Waals surface area contributed by atoms with Gasteiger partial charge in [-0.3, -0.25) is 9.59 Å². The van der Waals surface area contributed by atoms with Crippen LogP contribution in [0.4, 0.5) is 4.39 Å². The summed E-state index contributed by atoms with van der Waals surface area (Å²) < 4.78 is 13.6. The Bertz CT molecular complexity index is 732.